The quantitative estimate of drug-likeness (QED) is 0.719. The minimum Gasteiger partial charge on any atom is -0.397 e. The van der Waals surface area contributed by atoms with Gasteiger partial charge in [-0.1, -0.05) is 6.07 Å². The van der Waals surface area contributed by atoms with Crippen molar-refractivity contribution in [3.8, 4) is 0 Å². The fourth-order valence-electron chi connectivity index (χ4n) is 2.27. The third kappa shape index (κ3) is 2.51. The minimum atomic E-state index is 0.808. The summed E-state index contributed by atoms with van der Waals surface area (Å²) >= 11 is 5.23. The molecule has 1 aromatic carbocycles. The summed E-state index contributed by atoms with van der Waals surface area (Å²) in [6.07, 6.45) is 3.62. The summed E-state index contributed by atoms with van der Waals surface area (Å²) < 4.78 is 1.13. The molecule has 3 aromatic rings. The maximum absolute atomic E-state index is 6.30. The molecule has 3 nitrogen and oxygen atoms in total. The van der Waals surface area contributed by atoms with E-state index in [4.69, 9.17) is 5.73 Å². The second-order valence-electron chi connectivity index (χ2n) is 4.68. The number of thiophene rings is 1. The molecule has 0 aliphatic carbocycles. The van der Waals surface area contributed by atoms with Gasteiger partial charge in [-0.05, 0) is 34.1 Å². The van der Waals surface area contributed by atoms with E-state index in [2.05, 4.69) is 56.4 Å². The number of hydrogen-bond acceptors (Lipinski definition) is 4. The molecule has 0 fully saturated rings. The predicted molar refractivity (Wildman–Crippen MR) is 90.3 cm³/mol. The fraction of sp³-hybridized carbons (Fsp3) is 0.133. The average molecular weight is 348 g/mol. The van der Waals surface area contributed by atoms with Crippen molar-refractivity contribution in [2.45, 2.75) is 6.54 Å². The Bertz CT molecular complexity index is 754. The van der Waals surface area contributed by atoms with Gasteiger partial charge in [-0.3, -0.25) is 4.98 Å². The number of nitrogens with zero attached hydrogens (tertiary/aromatic N) is 2. The number of halogens is 1. The topological polar surface area (TPSA) is 42.2 Å². The van der Waals surface area contributed by atoms with E-state index < -0.39 is 0 Å². The van der Waals surface area contributed by atoms with Gasteiger partial charge in [-0.2, -0.15) is 0 Å². The fourth-order valence-corrected chi connectivity index (χ4v) is 3.77. The van der Waals surface area contributed by atoms with Gasteiger partial charge in [0, 0.05) is 44.9 Å². The van der Waals surface area contributed by atoms with Crippen LogP contribution in [0.1, 0.15) is 4.88 Å². The number of anilines is 2. The molecule has 0 amide bonds. The molecule has 102 valence electrons. The number of nitrogen functional groups attached to an aromatic ring is 1. The average Bonchev–Trinajstić information content (AvgIpc) is 2.84. The molecule has 0 spiro atoms. The van der Waals surface area contributed by atoms with Gasteiger partial charge in [0.2, 0.25) is 0 Å². The van der Waals surface area contributed by atoms with Crippen molar-refractivity contribution in [2.24, 2.45) is 0 Å². The number of benzene rings is 1. The number of aromatic nitrogens is 1. The normalized spacial score (nSPS) is 10.9. The van der Waals surface area contributed by atoms with E-state index in [1.54, 1.807) is 17.5 Å². The lowest BCUT2D eigenvalue weighted by Gasteiger charge is -2.21. The van der Waals surface area contributed by atoms with E-state index in [1.807, 2.05) is 12.3 Å². The van der Waals surface area contributed by atoms with Crippen molar-refractivity contribution in [1.82, 2.24) is 4.98 Å². The van der Waals surface area contributed by atoms with Crippen LogP contribution in [0.5, 0.6) is 0 Å². The van der Waals surface area contributed by atoms with E-state index in [1.165, 1.54) is 4.88 Å². The molecule has 0 unspecified atom stereocenters. The first-order valence-electron chi connectivity index (χ1n) is 6.21. The Hall–Kier alpha value is -1.59. The number of nitrogens with two attached hydrogens (primary N) is 1. The lowest BCUT2D eigenvalue weighted by molar-refractivity contribution is 0.943. The standard InChI is InChI=1S/C15H14BrN3S/c1-19(8-12-6-11(16)9-20-12)14-3-2-10-7-18-5-4-13(10)15(14)17/h2-7,9H,8,17H2,1H3. The first kappa shape index (κ1) is 13.4. The second-order valence-corrected chi connectivity index (χ2v) is 6.59. The Morgan fingerprint density at radius 3 is 2.95 bits per heavy atom. The highest BCUT2D eigenvalue weighted by Crippen LogP contribution is 2.32. The van der Waals surface area contributed by atoms with Crippen molar-refractivity contribution in [2.75, 3.05) is 17.7 Å². The summed E-state index contributed by atoms with van der Waals surface area (Å²) in [7, 11) is 2.06. The molecule has 0 atom stereocenters. The van der Waals surface area contributed by atoms with Gasteiger partial charge in [0.1, 0.15) is 0 Å². The minimum absolute atomic E-state index is 0.808. The molecule has 3 rings (SSSR count). The summed E-state index contributed by atoms with van der Waals surface area (Å²) in [5.41, 5.74) is 8.16. The molecule has 5 heteroatoms. The zero-order valence-corrected chi connectivity index (χ0v) is 13.4. The lowest BCUT2D eigenvalue weighted by atomic mass is 10.1. The summed E-state index contributed by atoms with van der Waals surface area (Å²) in [5.74, 6) is 0. The smallest absolute Gasteiger partial charge is 0.0632 e. The van der Waals surface area contributed by atoms with Crippen LogP contribution in [0.15, 0.2) is 46.5 Å². The van der Waals surface area contributed by atoms with Crippen LogP contribution in [0.2, 0.25) is 0 Å². The van der Waals surface area contributed by atoms with Crippen LogP contribution >= 0.6 is 27.3 Å². The number of pyridine rings is 1. The molecule has 0 aliphatic rings. The largest absolute Gasteiger partial charge is 0.397 e. The highest BCUT2D eigenvalue weighted by Gasteiger charge is 2.10. The zero-order valence-electron chi connectivity index (χ0n) is 11.0. The van der Waals surface area contributed by atoms with Crippen LogP contribution in [-0.4, -0.2) is 12.0 Å². The van der Waals surface area contributed by atoms with E-state index in [0.717, 1.165) is 33.2 Å². The molecular weight excluding hydrogens is 334 g/mol. The Kier molecular flexibility index (Phi) is 3.63. The second kappa shape index (κ2) is 5.42. The highest BCUT2D eigenvalue weighted by atomic mass is 79.9. The van der Waals surface area contributed by atoms with Gasteiger partial charge in [-0.15, -0.1) is 11.3 Å². The van der Waals surface area contributed by atoms with Crippen molar-refractivity contribution in [1.29, 1.82) is 0 Å². The van der Waals surface area contributed by atoms with Gasteiger partial charge in [0.15, 0.2) is 0 Å². The Balaban J connectivity index is 1.95. The van der Waals surface area contributed by atoms with E-state index in [-0.39, 0.29) is 0 Å². The Morgan fingerprint density at radius 2 is 2.20 bits per heavy atom. The molecular formula is C15H14BrN3S. The van der Waals surface area contributed by atoms with Gasteiger partial charge in [-0.25, -0.2) is 0 Å². The van der Waals surface area contributed by atoms with Gasteiger partial charge in [0.05, 0.1) is 17.9 Å². The van der Waals surface area contributed by atoms with Crippen LogP contribution in [0.4, 0.5) is 11.4 Å². The van der Waals surface area contributed by atoms with Gasteiger partial charge < -0.3 is 10.6 Å². The molecule has 20 heavy (non-hydrogen) atoms. The van der Waals surface area contributed by atoms with E-state index in [9.17, 15) is 0 Å². The van der Waals surface area contributed by atoms with Crippen LogP contribution in [0, 0.1) is 0 Å². The van der Waals surface area contributed by atoms with Crippen LogP contribution in [-0.2, 0) is 6.54 Å². The summed E-state index contributed by atoms with van der Waals surface area (Å²) in [4.78, 5) is 7.60. The zero-order chi connectivity index (χ0) is 14.1. The maximum Gasteiger partial charge on any atom is 0.0632 e. The number of hydrogen-bond donors (Lipinski definition) is 1. The van der Waals surface area contributed by atoms with Crippen LogP contribution in [0.3, 0.4) is 0 Å². The number of fused-ring (bicyclic) bond motifs is 1. The molecule has 0 bridgehead atoms. The predicted octanol–water partition coefficient (Wildman–Crippen LogP) is 4.28. The molecule has 0 radical (unpaired) electrons. The van der Waals surface area contributed by atoms with Crippen molar-refractivity contribution < 1.29 is 0 Å². The van der Waals surface area contributed by atoms with Crippen molar-refractivity contribution >= 4 is 49.4 Å². The van der Waals surface area contributed by atoms with E-state index >= 15 is 0 Å². The van der Waals surface area contributed by atoms with Crippen molar-refractivity contribution in [3.05, 3.63) is 51.4 Å². The van der Waals surface area contributed by atoms with Crippen molar-refractivity contribution in [3.63, 3.8) is 0 Å². The molecule has 2 heterocycles. The molecule has 2 aromatic heterocycles. The summed E-state index contributed by atoms with van der Waals surface area (Å²) in [6, 6.07) is 8.23. The third-order valence-electron chi connectivity index (χ3n) is 3.26. The maximum atomic E-state index is 6.30. The van der Waals surface area contributed by atoms with Crippen LogP contribution < -0.4 is 10.6 Å². The van der Waals surface area contributed by atoms with Gasteiger partial charge >= 0.3 is 0 Å². The SMILES string of the molecule is CN(Cc1cc(Br)cs1)c1ccc2cnccc2c1N. The van der Waals surface area contributed by atoms with E-state index in [0.29, 0.717) is 0 Å². The number of rotatable bonds is 3. The summed E-state index contributed by atoms with van der Waals surface area (Å²) in [5, 5.41) is 4.22. The molecule has 0 saturated heterocycles. The van der Waals surface area contributed by atoms with Crippen LogP contribution in [0.25, 0.3) is 10.8 Å². The molecule has 2 N–H and O–H groups in total. The highest BCUT2D eigenvalue weighted by molar-refractivity contribution is 9.10. The monoisotopic (exact) mass is 347 g/mol. The Labute approximate surface area is 130 Å². The first-order valence-corrected chi connectivity index (χ1v) is 7.88. The first-order chi connectivity index (χ1) is 9.65. The van der Waals surface area contributed by atoms with Gasteiger partial charge in [0.25, 0.3) is 0 Å². The third-order valence-corrected chi connectivity index (χ3v) is 4.95. The lowest BCUT2D eigenvalue weighted by Crippen LogP contribution is -2.17. The molecule has 0 saturated carbocycles. The Morgan fingerprint density at radius 1 is 1.35 bits per heavy atom. The molecule has 0 aliphatic heterocycles. The summed E-state index contributed by atoms with van der Waals surface area (Å²) in [6.45, 7) is 0.844.